The van der Waals surface area contributed by atoms with E-state index in [1.807, 2.05) is 13.2 Å². The number of guanidine groups is 1. The molecule has 0 bridgehead atoms. The van der Waals surface area contributed by atoms with E-state index >= 15 is 0 Å². The average Bonchev–Trinajstić information content (AvgIpc) is 3.22. The molecule has 2 heterocycles. The third-order valence-electron chi connectivity index (χ3n) is 4.17. The minimum atomic E-state index is 0. The minimum absolute atomic E-state index is 0. The maximum Gasteiger partial charge on any atom is 0.191 e. The Hall–Kier alpha value is -0.450. The van der Waals surface area contributed by atoms with E-state index in [1.165, 1.54) is 24.3 Å². The fourth-order valence-electron chi connectivity index (χ4n) is 2.82. The van der Waals surface area contributed by atoms with Crippen molar-refractivity contribution in [3.8, 4) is 0 Å². The lowest BCUT2D eigenvalue weighted by Gasteiger charge is -2.25. The Morgan fingerprint density at radius 3 is 3.00 bits per heavy atom. The SMILES string of the molecule is CCc1cnc(CNC(=NC)NCC2CCCN2CCOC)s1.I. The number of hydrogen-bond acceptors (Lipinski definition) is 5. The molecule has 0 saturated carbocycles. The van der Waals surface area contributed by atoms with Gasteiger partial charge in [0.15, 0.2) is 5.96 Å². The van der Waals surface area contributed by atoms with Gasteiger partial charge in [-0.25, -0.2) is 4.98 Å². The summed E-state index contributed by atoms with van der Waals surface area (Å²) < 4.78 is 5.19. The quantitative estimate of drug-likeness (QED) is 0.349. The van der Waals surface area contributed by atoms with Gasteiger partial charge in [0.25, 0.3) is 0 Å². The fourth-order valence-corrected chi connectivity index (χ4v) is 3.62. The van der Waals surface area contributed by atoms with Gasteiger partial charge in [0.1, 0.15) is 5.01 Å². The highest BCUT2D eigenvalue weighted by Crippen LogP contribution is 2.16. The highest BCUT2D eigenvalue weighted by atomic mass is 127. The van der Waals surface area contributed by atoms with Crippen LogP contribution in [0.3, 0.4) is 0 Å². The Bertz CT molecular complexity index is 497. The summed E-state index contributed by atoms with van der Waals surface area (Å²) in [5, 5.41) is 7.89. The highest BCUT2D eigenvalue weighted by molar-refractivity contribution is 14.0. The van der Waals surface area contributed by atoms with Crippen LogP contribution < -0.4 is 10.6 Å². The van der Waals surface area contributed by atoms with Crippen molar-refractivity contribution in [2.75, 3.05) is 40.4 Å². The lowest BCUT2D eigenvalue weighted by Crippen LogP contribution is -2.45. The number of halogens is 1. The smallest absolute Gasteiger partial charge is 0.191 e. The van der Waals surface area contributed by atoms with Crippen molar-refractivity contribution in [3.63, 3.8) is 0 Å². The Balaban J connectivity index is 0.00000288. The summed E-state index contributed by atoms with van der Waals surface area (Å²) in [5.41, 5.74) is 0. The number of methoxy groups -OCH3 is 1. The van der Waals surface area contributed by atoms with Gasteiger partial charge in [-0.15, -0.1) is 35.3 Å². The van der Waals surface area contributed by atoms with Crippen molar-refractivity contribution in [2.24, 2.45) is 4.99 Å². The monoisotopic (exact) mass is 467 g/mol. The first-order valence-electron chi connectivity index (χ1n) is 8.37. The number of aryl methyl sites for hydroxylation is 1. The second-order valence-corrected chi connectivity index (χ2v) is 6.91. The van der Waals surface area contributed by atoms with E-state index in [2.05, 4.69) is 32.4 Å². The Morgan fingerprint density at radius 1 is 1.50 bits per heavy atom. The predicted octanol–water partition coefficient (Wildman–Crippen LogP) is 2.10. The van der Waals surface area contributed by atoms with Crippen LogP contribution in [0.2, 0.25) is 0 Å². The van der Waals surface area contributed by atoms with Gasteiger partial charge >= 0.3 is 0 Å². The second-order valence-electron chi connectivity index (χ2n) is 5.71. The molecule has 0 spiro atoms. The molecule has 2 N–H and O–H groups in total. The zero-order chi connectivity index (χ0) is 16.5. The zero-order valence-corrected chi connectivity index (χ0v) is 18.0. The summed E-state index contributed by atoms with van der Waals surface area (Å²) in [6.07, 6.45) is 5.51. The molecular weight excluding hydrogens is 437 g/mol. The van der Waals surface area contributed by atoms with Crippen LogP contribution in [-0.4, -0.2) is 62.3 Å². The van der Waals surface area contributed by atoms with Gasteiger partial charge in [0.2, 0.25) is 0 Å². The lowest BCUT2D eigenvalue weighted by molar-refractivity contribution is 0.141. The maximum absolute atomic E-state index is 5.19. The number of likely N-dealkylation sites (tertiary alicyclic amines) is 1. The van der Waals surface area contributed by atoms with E-state index in [0.29, 0.717) is 6.04 Å². The highest BCUT2D eigenvalue weighted by Gasteiger charge is 2.23. The van der Waals surface area contributed by atoms with Gasteiger partial charge in [0.05, 0.1) is 13.2 Å². The summed E-state index contributed by atoms with van der Waals surface area (Å²) in [5.74, 6) is 0.844. The molecule has 1 aromatic heterocycles. The zero-order valence-electron chi connectivity index (χ0n) is 14.9. The number of aromatic nitrogens is 1. The first-order valence-corrected chi connectivity index (χ1v) is 9.19. The summed E-state index contributed by atoms with van der Waals surface area (Å²) in [4.78, 5) is 12.6. The van der Waals surface area contributed by atoms with Crippen molar-refractivity contribution in [1.82, 2.24) is 20.5 Å². The third-order valence-corrected chi connectivity index (χ3v) is 5.31. The molecule has 1 fully saturated rings. The topological polar surface area (TPSA) is 61.8 Å². The van der Waals surface area contributed by atoms with Crippen LogP contribution in [0.4, 0.5) is 0 Å². The number of thiazole rings is 1. The molecule has 1 atom stereocenters. The number of hydrogen-bond donors (Lipinski definition) is 2. The van der Waals surface area contributed by atoms with Crippen LogP contribution in [0.25, 0.3) is 0 Å². The van der Waals surface area contributed by atoms with Crippen LogP contribution in [0.1, 0.15) is 29.7 Å². The Morgan fingerprint density at radius 2 is 2.33 bits per heavy atom. The van der Waals surface area contributed by atoms with E-state index in [4.69, 9.17) is 4.74 Å². The van der Waals surface area contributed by atoms with Crippen LogP contribution in [0.5, 0.6) is 0 Å². The number of nitrogens with zero attached hydrogens (tertiary/aromatic N) is 3. The van der Waals surface area contributed by atoms with Crippen molar-refractivity contribution in [2.45, 2.75) is 38.8 Å². The molecule has 138 valence electrons. The standard InChI is InChI=1S/C16H29N5OS.HI/c1-4-14-11-18-15(23-14)12-20-16(17-2)19-10-13-6-5-7-21(13)8-9-22-3;/h11,13H,4-10,12H2,1-3H3,(H2,17,19,20);1H. The van der Waals surface area contributed by atoms with Gasteiger partial charge in [-0.3, -0.25) is 9.89 Å². The Labute approximate surface area is 166 Å². The normalized spacial score (nSPS) is 18.5. The van der Waals surface area contributed by atoms with Crippen LogP contribution in [0.15, 0.2) is 11.2 Å². The van der Waals surface area contributed by atoms with E-state index in [-0.39, 0.29) is 24.0 Å². The molecule has 8 heteroatoms. The molecule has 0 radical (unpaired) electrons. The lowest BCUT2D eigenvalue weighted by atomic mass is 10.2. The van der Waals surface area contributed by atoms with E-state index in [1.54, 1.807) is 18.4 Å². The van der Waals surface area contributed by atoms with Crippen molar-refractivity contribution in [3.05, 3.63) is 16.1 Å². The van der Waals surface area contributed by atoms with Crippen LogP contribution in [-0.2, 0) is 17.7 Å². The number of ether oxygens (including phenoxy) is 1. The minimum Gasteiger partial charge on any atom is -0.383 e. The fraction of sp³-hybridized carbons (Fsp3) is 0.750. The van der Waals surface area contributed by atoms with Gasteiger partial charge in [-0.2, -0.15) is 0 Å². The molecule has 6 nitrogen and oxygen atoms in total. The molecule has 1 aromatic rings. The van der Waals surface area contributed by atoms with E-state index in [9.17, 15) is 0 Å². The van der Waals surface area contributed by atoms with Crippen molar-refractivity contribution in [1.29, 1.82) is 0 Å². The van der Waals surface area contributed by atoms with Crippen LogP contribution >= 0.6 is 35.3 Å². The van der Waals surface area contributed by atoms with Gasteiger partial charge in [-0.05, 0) is 25.8 Å². The summed E-state index contributed by atoms with van der Waals surface area (Å²) >= 11 is 1.76. The molecule has 1 aliphatic heterocycles. The van der Waals surface area contributed by atoms with Crippen molar-refractivity contribution < 1.29 is 4.74 Å². The molecule has 2 rings (SSSR count). The molecule has 24 heavy (non-hydrogen) atoms. The largest absolute Gasteiger partial charge is 0.383 e. The molecule has 0 amide bonds. The average molecular weight is 467 g/mol. The number of nitrogens with one attached hydrogen (secondary N) is 2. The molecule has 0 aliphatic carbocycles. The summed E-state index contributed by atoms with van der Waals surface area (Å²) in [6.45, 7) is 6.77. The number of aliphatic imine (C=N–C) groups is 1. The van der Waals surface area contributed by atoms with Gasteiger partial charge < -0.3 is 15.4 Å². The van der Waals surface area contributed by atoms with E-state index < -0.39 is 0 Å². The summed E-state index contributed by atoms with van der Waals surface area (Å²) in [7, 11) is 3.57. The molecular formula is C16H30IN5OS. The first kappa shape index (κ1) is 21.6. The molecule has 1 unspecified atom stereocenters. The van der Waals surface area contributed by atoms with Crippen molar-refractivity contribution >= 4 is 41.3 Å². The number of rotatable bonds is 8. The summed E-state index contributed by atoms with van der Waals surface area (Å²) in [6, 6.07) is 0.565. The van der Waals surface area contributed by atoms with E-state index in [0.717, 1.165) is 43.6 Å². The first-order chi connectivity index (χ1) is 11.3. The second kappa shape index (κ2) is 12.0. The van der Waals surface area contributed by atoms with Gasteiger partial charge in [0, 0.05) is 44.4 Å². The predicted molar refractivity (Wildman–Crippen MR) is 112 cm³/mol. The molecule has 0 aromatic carbocycles. The third kappa shape index (κ3) is 6.81. The van der Waals surface area contributed by atoms with Crippen LogP contribution in [0, 0.1) is 0 Å². The molecule has 1 aliphatic rings. The molecule has 1 saturated heterocycles. The maximum atomic E-state index is 5.19. The van der Waals surface area contributed by atoms with Gasteiger partial charge in [-0.1, -0.05) is 6.92 Å². The Kier molecular flexibility index (Phi) is 10.8.